The summed E-state index contributed by atoms with van der Waals surface area (Å²) in [7, 11) is 0. The average Bonchev–Trinajstić information content (AvgIpc) is 3.17. The number of nitrogens with zero attached hydrogens (tertiary/aromatic N) is 1. The molecule has 1 aliphatic heterocycles. The maximum Gasteiger partial charge on any atom is 0.347 e. The van der Waals surface area contributed by atoms with E-state index in [2.05, 4.69) is 46.4 Å². The molecule has 0 saturated heterocycles. The molecule has 0 atom stereocenters. The number of carbonyl (C=O) groups excluding carboxylic acids is 1. The van der Waals surface area contributed by atoms with Crippen molar-refractivity contribution in [2.24, 2.45) is 5.41 Å². The maximum atomic E-state index is 15.6. The van der Waals surface area contributed by atoms with E-state index in [0.717, 1.165) is 24.8 Å². The Kier molecular flexibility index (Phi) is 7.52. The Labute approximate surface area is 198 Å². The number of fused-ring (bicyclic) bond motifs is 1. The summed E-state index contributed by atoms with van der Waals surface area (Å²) in [5, 5.41) is 0. The number of esters is 1. The van der Waals surface area contributed by atoms with Crippen LogP contribution >= 0.6 is 0 Å². The van der Waals surface area contributed by atoms with Gasteiger partial charge >= 0.3 is 5.97 Å². The van der Waals surface area contributed by atoms with Crippen molar-refractivity contribution in [1.29, 1.82) is 0 Å². The van der Waals surface area contributed by atoms with Crippen LogP contribution in [0.4, 0.5) is 4.39 Å². The van der Waals surface area contributed by atoms with Crippen LogP contribution in [-0.4, -0.2) is 23.0 Å². The van der Waals surface area contributed by atoms with E-state index in [1.807, 2.05) is 6.07 Å². The van der Waals surface area contributed by atoms with E-state index in [9.17, 15) is 4.79 Å². The summed E-state index contributed by atoms with van der Waals surface area (Å²) in [6.07, 6.45) is 2.79. The molecular formula is C28H38FNO3. The van der Waals surface area contributed by atoms with Gasteiger partial charge in [0.2, 0.25) is 0 Å². The van der Waals surface area contributed by atoms with Gasteiger partial charge in [0.05, 0.1) is 6.61 Å². The van der Waals surface area contributed by atoms with Crippen LogP contribution in [0.25, 0.3) is 0 Å². The molecule has 0 saturated carbocycles. The number of ether oxygens (including phenoxy) is 2. The zero-order valence-electron chi connectivity index (χ0n) is 21.2. The Morgan fingerprint density at radius 1 is 1.06 bits per heavy atom. The first-order chi connectivity index (χ1) is 15.4. The third-order valence-corrected chi connectivity index (χ3v) is 6.25. The van der Waals surface area contributed by atoms with Crippen LogP contribution in [0.2, 0.25) is 0 Å². The summed E-state index contributed by atoms with van der Waals surface area (Å²) in [6, 6.07) is 8.88. The molecule has 0 bridgehead atoms. The lowest BCUT2D eigenvalue weighted by Crippen LogP contribution is -2.43. The lowest BCUT2D eigenvalue weighted by molar-refractivity contribution is 0.0726. The van der Waals surface area contributed by atoms with Gasteiger partial charge < -0.3 is 9.47 Å². The minimum atomic E-state index is -0.584. The second-order valence-electron chi connectivity index (χ2n) is 10.9. The van der Waals surface area contributed by atoms with Gasteiger partial charge in [-0.15, -0.1) is 0 Å². The summed E-state index contributed by atoms with van der Waals surface area (Å²) in [5.41, 5.74) is 1.90. The molecule has 0 radical (unpaired) electrons. The summed E-state index contributed by atoms with van der Waals surface area (Å²) in [6.45, 7) is 16.3. The van der Waals surface area contributed by atoms with Gasteiger partial charge in [0.25, 0.3) is 0 Å². The zero-order chi connectivity index (χ0) is 24.4. The minimum absolute atomic E-state index is 0.136. The van der Waals surface area contributed by atoms with Crippen molar-refractivity contribution in [3.8, 4) is 11.5 Å². The molecule has 3 rings (SSSR count). The molecular weight excluding hydrogens is 417 g/mol. The van der Waals surface area contributed by atoms with Crippen LogP contribution < -0.4 is 9.47 Å². The Morgan fingerprint density at radius 2 is 1.70 bits per heavy atom. The summed E-state index contributed by atoms with van der Waals surface area (Å²) in [4.78, 5) is 15.5. The van der Waals surface area contributed by atoms with Crippen molar-refractivity contribution in [2.75, 3.05) is 6.61 Å². The topological polar surface area (TPSA) is 38.8 Å². The molecule has 0 fully saturated rings. The molecule has 4 nitrogen and oxygen atoms in total. The highest BCUT2D eigenvalue weighted by Gasteiger charge is 2.39. The summed E-state index contributed by atoms with van der Waals surface area (Å²) in [5.74, 6) is -0.0104. The Balaban J connectivity index is 2.03. The highest BCUT2D eigenvalue weighted by molar-refractivity contribution is 5.96. The zero-order valence-corrected chi connectivity index (χ0v) is 21.2. The maximum absolute atomic E-state index is 15.6. The fourth-order valence-electron chi connectivity index (χ4n) is 4.90. The second-order valence-corrected chi connectivity index (χ2v) is 10.9. The number of carbonyl (C=O) groups is 1. The molecule has 0 amide bonds. The number of hydrogen-bond acceptors (Lipinski definition) is 4. The number of para-hydroxylation sites is 1. The largest absolute Gasteiger partial charge is 0.492 e. The molecule has 2 aromatic rings. The average molecular weight is 456 g/mol. The van der Waals surface area contributed by atoms with Crippen LogP contribution in [0.3, 0.4) is 0 Å². The lowest BCUT2D eigenvalue weighted by Gasteiger charge is -2.40. The molecule has 0 spiro atoms. The molecule has 180 valence electrons. The first-order valence-electron chi connectivity index (χ1n) is 11.9. The molecule has 2 aromatic carbocycles. The van der Waals surface area contributed by atoms with Crippen LogP contribution in [-0.2, 0) is 13.1 Å². The molecule has 0 aromatic heterocycles. The van der Waals surface area contributed by atoms with E-state index in [1.165, 1.54) is 0 Å². The molecule has 5 heteroatoms. The van der Waals surface area contributed by atoms with E-state index in [4.69, 9.17) is 9.47 Å². The monoisotopic (exact) mass is 455 g/mol. The van der Waals surface area contributed by atoms with Gasteiger partial charge in [-0.05, 0) is 51.2 Å². The van der Waals surface area contributed by atoms with Crippen molar-refractivity contribution in [3.05, 3.63) is 58.4 Å². The van der Waals surface area contributed by atoms with Crippen molar-refractivity contribution < 1.29 is 18.7 Å². The minimum Gasteiger partial charge on any atom is -0.492 e. The Hall–Kier alpha value is -2.40. The summed E-state index contributed by atoms with van der Waals surface area (Å²) >= 11 is 0. The normalized spacial score (nSPS) is 14.3. The molecule has 0 N–H and O–H groups in total. The summed E-state index contributed by atoms with van der Waals surface area (Å²) < 4.78 is 27.4. The van der Waals surface area contributed by atoms with Gasteiger partial charge in [-0.25, -0.2) is 9.18 Å². The first kappa shape index (κ1) is 25.2. The van der Waals surface area contributed by atoms with Crippen LogP contribution in [0.15, 0.2) is 30.3 Å². The third kappa shape index (κ3) is 5.75. The molecule has 33 heavy (non-hydrogen) atoms. The van der Waals surface area contributed by atoms with Gasteiger partial charge in [0, 0.05) is 35.3 Å². The Bertz CT molecular complexity index is 993. The van der Waals surface area contributed by atoms with Crippen molar-refractivity contribution in [2.45, 2.75) is 86.4 Å². The second kappa shape index (κ2) is 9.84. The van der Waals surface area contributed by atoms with Gasteiger partial charge in [-0.1, -0.05) is 52.3 Å². The van der Waals surface area contributed by atoms with Crippen LogP contribution in [0.5, 0.6) is 11.5 Å². The molecule has 0 aliphatic carbocycles. The number of hydrogen-bond donors (Lipinski definition) is 0. The predicted molar refractivity (Wildman–Crippen MR) is 130 cm³/mol. The quantitative estimate of drug-likeness (QED) is 0.243. The standard InChI is InChI=1S/C28H38FNO3/c1-8-9-15-32-25-22-17-30(28(6,7)18-27(3,4)5)16-21(22)24(29)19(2)23(25)26(31)33-20-13-11-10-12-14-20/h10-14H,8-9,15-18H2,1-7H3. The molecule has 0 unspecified atom stereocenters. The molecule has 1 heterocycles. The number of unbranched alkanes of at least 4 members (excludes halogenated alkanes) is 1. The van der Waals surface area contributed by atoms with Gasteiger partial charge in [0.1, 0.15) is 22.9 Å². The third-order valence-electron chi connectivity index (χ3n) is 6.25. The Morgan fingerprint density at radius 3 is 2.30 bits per heavy atom. The predicted octanol–water partition coefficient (Wildman–Crippen LogP) is 7.06. The fraction of sp³-hybridized carbons (Fsp3) is 0.536. The van der Waals surface area contributed by atoms with E-state index < -0.39 is 5.97 Å². The highest BCUT2D eigenvalue weighted by Crippen LogP contribution is 2.43. The van der Waals surface area contributed by atoms with Gasteiger partial charge in [0.15, 0.2) is 0 Å². The number of benzene rings is 2. The van der Waals surface area contributed by atoms with E-state index in [1.54, 1.807) is 31.2 Å². The van der Waals surface area contributed by atoms with E-state index in [-0.39, 0.29) is 27.9 Å². The SMILES string of the molecule is CCCCOc1c2c(c(F)c(C)c1C(=O)Oc1ccccc1)CN(C(C)(C)CC(C)(C)C)C2. The lowest BCUT2D eigenvalue weighted by atomic mass is 9.81. The van der Waals surface area contributed by atoms with Crippen LogP contribution in [0, 0.1) is 18.2 Å². The van der Waals surface area contributed by atoms with Gasteiger partial charge in [-0.3, -0.25) is 4.90 Å². The first-order valence-corrected chi connectivity index (χ1v) is 11.9. The number of rotatable bonds is 8. The van der Waals surface area contributed by atoms with Crippen molar-refractivity contribution in [3.63, 3.8) is 0 Å². The van der Waals surface area contributed by atoms with E-state index in [0.29, 0.717) is 36.8 Å². The van der Waals surface area contributed by atoms with Crippen molar-refractivity contribution in [1.82, 2.24) is 4.90 Å². The van der Waals surface area contributed by atoms with Crippen molar-refractivity contribution >= 4 is 5.97 Å². The number of halogens is 1. The van der Waals surface area contributed by atoms with E-state index >= 15 is 4.39 Å². The smallest absolute Gasteiger partial charge is 0.347 e. The highest BCUT2D eigenvalue weighted by atomic mass is 19.1. The molecule has 1 aliphatic rings. The van der Waals surface area contributed by atoms with Gasteiger partial charge in [-0.2, -0.15) is 0 Å². The van der Waals surface area contributed by atoms with Crippen LogP contribution in [0.1, 0.15) is 87.9 Å². The fourth-order valence-corrected chi connectivity index (χ4v) is 4.90.